The summed E-state index contributed by atoms with van der Waals surface area (Å²) in [5.41, 5.74) is 2.41. The number of hydrogen-bond acceptors (Lipinski definition) is 1. The normalized spacial score (nSPS) is 13.5. The average Bonchev–Trinajstić information content (AvgIpc) is 2.30. The van der Waals surface area contributed by atoms with Gasteiger partial charge in [0, 0.05) is 5.56 Å². The molecule has 0 aliphatic carbocycles. The van der Waals surface area contributed by atoms with Gasteiger partial charge in [0.1, 0.15) is 5.75 Å². The maximum Gasteiger partial charge on any atom is 0.124 e. The third-order valence-electron chi connectivity index (χ3n) is 3.34. The minimum atomic E-state index is -0.0195. The van der Waals surface area contributed by atoms with Crippen LogP contribution in [0.15, 0.2) is 18.2 Å². The van der Waals surface area contributed by atoms with Gasteiger partial charge in [-0.05, 0) is 31.7 Å². The largest absolute Gasteiger partial charge is 0.494 e. The van der Waals surface area contributed by atoms with Crippen molar-refractivity contribution in [2.24, 2.45) is 5.41 Å². The zero-order chi connectivity index (χ0) is 13.1. The molecule has 0 heterocycles. The van der Waals surface area contributed by atoms with E-state index in [2.05, 4.69) is 39.8 Å². The van der Waals surface area contributed by atoms with Crippen molar-refractivity contribution < 1.29 is 4.74 Å². The van der Waals surface area contributed by atoms with E-state index >= 15 is 0 Å². The van der Waals surface area contributed by atoms with Crippen LogP contribution in [0.3, 0.4) is 0 Å². The number of alkyl halides is 1. The van der Waals surface area contributed by atoms with Crippen LogP contribution in [0.4, 0.5) is 0 Å². The van der Waals surface area contributed by atoms with E-state index in [4.69, 9.17) is 16.3 Å². The van der Waals surface area contributed by atoms with Crippen molar-refractivity contribution in [3.05, 3.63) is 29.3 Å². The molecule has 1 aromatic carbocycles. The Morgan fingerprint density at radius 3 is 2.47 bits per heavy atom. The van der Waals surface area contributed by atoms with Gasteiger partial charge in [0.05, 0.1) is 12.0 Å². The molecule has 0 bridgehead atoms. The lowest BCUT2D eigenvalue weighted by Gasteiger charge is -2.30. The van der Waals surface area contributed by atoms with E-state index in [0.717, 1.165) is 17.7 Å². The Morgan fingerprint density at radius 2 is 1.94 bits per heavy atom. The van der Waals surface area contributed by atoms with Crippen molar-refractivity contribution in [2.75, 3.05) is 6.61 Å². The van der Waals surface area contributed by atoms with Crippen LogP contribution in [-0.2, 0) is 0 Å². The lowest BCUT2D eigenvalue weighted by Crippen LogP contribution is -2.18. The molecule has 1 unspecified atom stereocenters. The molecule has 2 heteroatoms. The summed E-state index contributed by atoms with van der Waals surface area (Å²) in [4.78, 5) is 0. The predicted octanol–water partition coefficient (Wildman–Crippen LogP) is 5.11. The summed E-state index contributed by atoms with van der Waals surface area (Å²) in [6.07, 6.45) is 1.04. The van der Waals surface area contributed by atoms with Crippen LogP contribution in [-0.4, -0.2) is 6.61 Å². The van der Waals surface area contributed by atoms with E-state index in [-0.39, 0.29) is 10.8 Å². The van der Waals surface area contributed by atoms with E-state index in [0.29, 0.717) is 6.61 Å². The molecule has 0 saturated heterocycles. The predicted molar refractivity (Wildman–Crippen MR) is 75.0 cm³/mol. The van der Waals surface area contributed by atoms with Crippen LogP contribution < -0.4 is 4.74 Å². The third kappa shape index (κ3) is 3.38. The first-order valence-electron chi connectivity index (χ1n) is 6.29. The maximum atomic E-state index is 6.63. The zero-order valence-corrected chi connectivity index (χ0v) is 12.3. The van der Waals surface area contributed by atoms with Crippen molar-refractivity contribution in [1.82, 2.24) is 0 Å². The Kier molecular flexibility index (Phi) is 4.88. The Labute approximate surface area is 110 Å². The summed E-state index contributed by atoms with van der Waals surface area (Å²) in [6, 6.07) is 6.23. The van der Waals surface area contributed by atoms with Crippen molar-refractivity contribution in [3.8, 4) is 5.75 Å². The minimum Gasteiger partial charge on any atom is -0.494 e. The van der Waals surface area contributed by atoms with Gasteiger partial charge in [-0.15, -0.1) is 11.6 Å². The van der Waals surface area contributed by atoms with Gasteiger partial charge >= 0.3 is 0 Å². The minimum absolute atomic E-state index is 0.0195. The molecule has 1 rings (SSSR count). The van der Waals surface area contributed by atoms with Crippen molar-refractivity contribution in [1.29, 1.82) is 0 Å². The molecular formula is C15H23ClO. The van der Waals surface area contributed by atoms with Gasteiger partial charge < -0.3 is 4.74 Å². The first-order valence-corrected chi connectivity index (χ1v) is 6.73. The molecule has 0 aromatic heterocycles. The Morgan fingerprint density at radius 1 is 1.29 bits per heavy atom. The quantitative estimate of drug-likeness (QED) is 0.664. The zero-order valence-electron chi connectivity index (χ0n) is 11.5. The highest BCUT2D eigenvalue weighted by atomic mass is 35.5. The molecule has 0 N–H and O–H groups in total. The first kappa shape index (κ1) is 14.4. The Bertz CT molecular complexity index is 371. The van der Waals surface area contributed by atoms with E-state index in [1.54, 1.807) is 0 Å². The van der Waals surface area contributed by atoms with Crippen molar-refractivity contribution >= 4 is 11.6 Å². The van der Waals surface area contributed by atoms with E-state index in [9.17, 15) is 0 Å². The second-order valence-electron chi connectivity index (χ2n) is 5.18. The van der Waals surface area contributed by atoms with Gasteiger partial charge in [-0.3, -0.25) is 0 Å². The summed E-state index contributed by atoms with van der Waals surface area (Å²) >= 11 is 6.63. The Hall–Kier alpha value is -0.690. The number of hydrogen-bond donors (Lipinski definition) is 0. The fourth-order valence-corrected chi connectivity index (χ4v) is 2.08. The maximum absolute atomic E-state index is 6.63. The molecule has 0 saturated carbocycles. The second-order valence-corrected chi connectivity index (χ2v) is 5.62. The molecular weight excluding hydrogens is 232 g/mol. The smallest absolute Gasteiger partial charge is 0.124 e. The lowest BCUT2D eigenvalue weighted by molar-refractivity contribution is 0.308. The Balaban J connectivity index is 3.14. The molecule has 96 valence electrons. The highest BCUT2D eigenvalue weighted by Crippen LogP contribution is 2.44. The topological polar surface area (TPSA) is 9.23 Å². The summed E-state index contributed by atoms with van der Waals surface area (Å²) < 4.78 is 5.67. The number of halogens is 1. The average molecular weight is 255 g/mol. The fraction of sp³-hybridized carbons (Fsp3) is 0.600. The first-order chi connectivity index (χ1) is 7.92. The van der Waals surface area contributed by atoms with Crippen molar-refractivity contribution in [3.63, 3.8) is 0 Å². The molecule has 1 atom stereocenters. The van der Waals surface area contributed by atoms with Gasteiger partial charge in [-0.1, -0.05) is 38.5 Å². The summed E-state index contributed by atoms with van der Waals surface area (Å²) in [6.45, 7) is 11.3. The molecule has 0 aliphatic heterocycles. The van der Waals surface area contributed by atoms with Gasteiger partial charge in [0.2, 0.25) is 0 Å². The van der Waals surface area contributed by atoms with Gasteiger partial charge in [-0.25, -0.2) is 0 Å². The molecule has 0 spiro atoms. The van der Waals surface area contributed by atoms with E-state index in [1.165, 1.54) is 5.56 Å². The third-order valence-corrected chi connectivity index (χ3v) is 4.16. The highest BCUT2D eigenvalue weighted by Gasteiger charge is 2.29. The fourth-order valence-electron chi connectivity index (χ4n) is 1.75. The van der Waals surface area contributed by atoms with Crippen LogP contribution in [0.2, 0.25) is 0 Å². The van der Waals surface area contributed by atoms with Crippen LogP contribution >= 0.6 is 11.6 Å². The van der Waals surface area contributed by atoms with E-state index in [1.807, 2.05) is 13.0 Å². The molecule has 1 nitrogen and oxygen atoms in total. The molecule has 0 fully saturated rings. The summed E-state index contributed by atoms with van der Waals surface area (Å²) in [5.74, 6) is 0.916. The molecule has 17 heavy (non-hydrogen) atoms. The monoisotopic (exact) mass is 254 g/mol. The summed E-state index contributed by atoms with van der Waals surface area (Å²) in [5, 5.41) is -0.0195. The SMILES string of the molecule is CCOc1ccc(C)cc1C(Cl)C(C)(C)CC. The molecule has 1 aromatic rings. The highest BCUT2D eigenvalue weighted by molar-refractivity contribution is 6.21. The molecule has 0 amide bonds. The van der Waals surface area contributed by atoms with Gasteiger partial charge in [0.25, 0.3) is 0 Å². The van der Waals surface area contributed by atoms with Crippen LogP contribution in [0.5, 0.6) is 5.75 Å². The number of ether oxygens (including phenoxy) is 1. The van der Waals surface area contributed by atoms with Crippen molar-refractivity contribution in [2.45, 2.75) is 46.4 Å². The molecule has 0 radical (unpaired) electrons. The van der Waals surface area contributed by atoms with E-state index < -0.39 is 0 Å². The lowest BCUT2D eigenvalue weighted by atomic mass is 9.82. The number of aryl methyl sites for hydroxylation is 1. The standard InChI is InChI=1S/C15H23ClO/c1-6-15(4,5)14(16)12-10-11(3)8-9-13(12)17-7-2/h8-10,14H,6-7H2,1-5H3. The van der Waals surface area contributed by atoms with Gasteiger partial charge in [-0.2, -0.15) is 0 Å². The van der Waals surface area contributed by atoms with Crippen LogP contribution in [0.25, 0.3) is 0 Å². The van der Waals surface area contributed by atoms with Crippen LogP contribution in [0.1, 0.15) is 50.6 Å². The van der Waals surface area contributed by atoms with Gasteiger partial charge in [0.15, 0.2) is 0 Å². The summed E-state index contributed by atoms with van der Waals surface area (Å²) in [7, 11) is 0. The molecule has 0 aliphatic rings. The number of rotatable bonds is 5. The van der Waals surface area contributed by atoms with Crippen LogP contribution in [0, 0.1) is 12.3 Å². The second kappa shape index (κ2) is 5.77. The number of benzene rings is 1.